The van der Waals surface area contributed by atoms with E-state index >= 15 is 0 Å². The summed E-state index contributed by atoms with van der Waals surface area (Å²) in [5.41, 5.74) is 5.95. The predicted octanol–water partition coefficient (Wildman–Crippen LogP) is 1.11. The van der Waals surface area contributed by atoms with Crippen LogP contribution < -0.4 is 24.8 Å². The summed E-state index contributed by atoms with van der Waals surface area (Å²) >= 11 is 0. The summed E-state index contributed by atoms with van der Waals surface area (Å²) in [6.45, 7) is 0.128. The standard InChI is InChI=1S/C18H16N2O5/c19-17(21)15-9-20(11-5-1-2-6-12(11)24-15)18(22)16-10-23-13-7-3-4-8-14(13)25-16/h1-8,15-16H,9-10H2,(H2,19,21)/t15-,16+/m1/s1. The van der Waals surface area contributed by atoms with Crippen molar-refractivity contribution >= 4 is 17.5 Å². The van der Waals surface area contributed by atoms with Gasteiger partial charge in [-0.2, -0.15) is 0 Å². The highest BCUT2D eigenvalue weighted by Gasteiger charge is 2.38. The molecule has 2 heterocycles. The van der Waals surface area contributed by atoms with Crippen molar-refractivity contribution in [3.8, 4) is 17.2 Å². The molecule has 2 aromatic rings. The van der Waals surface area contributed by atoms with Crippen LogP contribution in [-0.4, -0.2) is 37.2 Å². The number of primary amides is 1. The first-order chi connectivity index (χ1) is 12.1. The average molecular weight is 340 g/mol. The molecule has 7 heteroatoms. The molecule has 2 N–H and O–H groups in total. The number of amides is 2. The van der Waals surface area contributed by atoms with Crippen LogP contribution in [0.3, 0.4) is 0 Å². The van der Waals surface area contributed by atoms with Crippen LogP contribution in [0.15, 0.2) is 48.5 Å². The molecule has 2 aliphatic heterocycles. The van der Waals surface area contributed by atoms with Gasteiger partial charge in [0.1, 0.15) is 12.4 Å². The lowest BCUT2D eigenvalue weighted by Crippen LogP contribution is -2.54. The minimum atomic E-state index is -0.907. The monoisotopic (exact) mass is 340 g/mol. The highest BCUT2D eigenvalue weighted by atomic mass is 16.6. The second-order valence-corrected chi connectivity index (χ2v) is 5.79. The van der Waals surface area contributed by atoms with Crippen molar-refractivity contribution in [1.82, 2.24) is 0 Å². The molecule has 0 spiro atoms. The predicted molar refractivity (Wildman–Crippen MR) is 88.8 cm³/mol. The van der Waals surface area contributed by atoms with E-state index in [0.717, 1.165) is 0 Å². The van der Waals surface area contributed by atoms with E-state index in [-0.39, 0.29) is 19.1 Å². The second kappa shape index (κ2) is 6.01. The minimum Gasteiger partial charge on any atom is -0.485 e. The zero-order chi connectivity index (χ0) is 17.4. The maximum Gasteiger partial charge on any atom is 0.271 e. The highest BCUT2D eigenvalue weighted by Crippen LogP contribution is 2.35. The summed E-state index contributed by atoms with van der Waals surface area (Å²) in [6.07, 6.45) is -1.72. The molecule has 4 rings (SSSR count). The molecule has 128 valence electrons. The van der Waals surface area contributed by atoms with E-state index in [0.29, 0.717) is 22.9 Å². The normalized spacial score (nSPS) is 21.0. The molecule has 0 saturated carbocycles. The third-order valence-electron chi connectivity index (χ3n) is 4.14. The van der Waals surface area contributed by atoms with E-state index in [1.807, 2.05) is 12.1 Å². The van der Waals surface area contributed by atoms with E-state index in [2.05, 4.69) is 0 Å². The van der Waals surface area contributed by atoms with Gasteiger partial charge < -0.3 is 24.8 Å². The number of para-hydroxylation sites is 4. The van der Waals surface area contributed by atoms with Gasteiger partial charge in [0.25, 0.3) is 11.8 Å². The smallest absolute Gasteiger partial charge is 0.271 e. The molecule has 0 fully saturated rings. The van der Waals surface area contributed by atoms with Crippen LogP contribution >= 0.6 is 0 Å². The van der Waals surface area contributed by atoms with Crippen LogP contribution in [0.2, 0.25) is 0 Å². The Bertz CT molecular complexity index is 838. The summed E-state index contributed by atoms with van der Waals surface area (Å²) in [5.74, 6) is 0.613. The highest BCUT2D eigenvalue weighted by molar-refractivity contribution is 6.00. The maximum atomic E-state index is 13.0. The third kappa shape index (κ3) is 2.73. The van der Waals surface area contributed by atoms with Crippen LogP contribution in [0.4, 0.5) is 5.69 Å². The molecule has 2 aromatic carbocycles. The molecular weight excluding hydrogens is 324 g/mol. The first kappa shape index (κ1) is 15.3. The second-order valence-electron chi connectivity index (χ2n) is 5.79. The summed E-state index contributed by atoms with van der Waals surface area (Å²) in [7, 11) is 0. The molecular formula is C18H16N2O5. The zero-order valence-corrected chi connectivity index (χ0v) is 13.3. The fourth-order valence-corrected chi connectivity index (χ4v) is 2.91. The van der Waals surface area contributed by atoms with Crippen molar-refractivity contribution in [2.24, 2.45) is 5.73 Å². The Morgan fingerprint density at radius 1 is 0.920 bits per heavy atom. The van der Waals surface area contributed by atoms with Crippen molar-refractivity contribution in [2.45, 2.75) is 12.2 Å². The van der Waals surface area contributed by atoms with E-state index in [1.54, 1.807) is 36.4 Å². The van der Waals surface area contributed by atoms with Gasteiger partial charge in [-0.15, -0.1) is 0 Å². The van der Waals surface area contributed by atoms with Crippen molar-refractivity contribution in [2.75, 3.05) is 18.1 Å². The Morgan fingerprint density at radius 3 is 2.32 bits per heavy atom. The lowest BCUT2D eigenvalue weighted by atomic mass is 10.1. The number of rotatable bonds is 2. The number of hydrogen-bond donors (Lipinski definition) is 1. The minimum absolute atomic E-state index is 0.0344. The van der Waals surface area contributed by atoms with Crippen LogP contribution in [0, 0.1) is 0 Å². The van der Waals surface area contributed by atoms with Gasteiger partial charge >= 0.3 is 0 Å². The largest absolute Gasteiger partial charge is 0.485 e. The molecule has 0 saturated heterocycles. The maximum absolute atomic E-state index is 13.0. The Labute approximate surface area is 143 Å². The molecule has 0 aliphatic carbocycles. The quantitative estimate of drug-likeness (QED) is 0.884. The Morgan fingerprint density at radius 2 is 1.56 bits per heavy atom. The van der Waals surface area contributed by atoms with Crippen molar-refractivity contribution in [3.63, 3.8) is 0 Å². The first-order valence-corrected chi connectivity index (χ1v) is 7.88. The average Bonchev–Trinajstić information content (AvgIpc) is 2.66. The Hall–Kier alpha value is -3.22. The molecule has 0 radical (unpaired) electrons. The fourth-order valence-electron chi connectivity index (χ4n) is 2.91. The number of hydrogen-bond acceptors (Lipinski definition) is 5. The number of ether oxygens (including phenoxy) is 3. The molecule has 2 aliphatic rings. The first-order valence-electron chi connectivity index (χ1n) is 7.88. The third-order valence-corrected chi connectivity index (χ3v) is 4.14. The number of anilines is 1. The molecule has 0 bridgehead atoms. The van der Waals surface area contributed by atoms with Crippen LogP contribution in [0.1, 0.15) is 0 Å². The van der Waals surface area contributed by atoms with Gasteiger partial charge in [-0.25, -0.2) is 0 Å². The van der Waals surface area contributed by atoms with Crippen LogP contribution in [-0.2, 0) is 9.59 Å². The van der Waals surface area contributed by atoms with Crippen molar-refractivity contribution in [3.05, 3.63) is 48.5 Å². The van der Waals surface area contributed by atoms with Gasteiger partial charge in [0.2, 0.25) is 6.10 Å². The van der Waals surface area contributed by atoms with E-state index in [4.69, 9.17) is 19.9 Å². The van der Waals surface area contributed by atoms with Crippen molar-refractivity contribution in [1.29, 1.82) is 0 Å². The van der Waals surface area contributed by atoms with Gasteiger partial charge in [0.05, 0.1) is 12.2 Å². The van der Waals surface area contributed by atoms with Crippen LogP contribution in [0.25, 0.3) is 0 Å². The van der Waals surface area contributed by atoms with Gasteiger partial charge in [-0.05, 0) is 24.3 Å². The molecule has 0 aromatic heterocycles. The number of fused-ring (bicyclic) bond motifs is 2. The molecule has 0 unspecified atom stereocenters. The Kier molecular flexibility index (Phi) is 3.68. The fraction of sp³-hybridized carbons (Fsp3) is 0.222. The summed E-state index contributed by atoms with van der Waals surface area (Å²) in [4.78, 5) is 26.1. The van der Waals surface area contributed by atoms with Crippen molar-refractivity contribution < 1.29 is 23.8 Å². The van der Waals surface area contributed by atoms with Gasteiger partial charge in [-0.1, -0.05) is 24.3 Å². The van der Waals surface area contributed by atoms with Gasteiger partial charge in [0.15, 0.2) is 17.6 Å². The van der Waals surface area contributed by atoms with Gasteiger partial charge in [0, 0.05) is 0 Å². The summed E-state index contributed by atoms with van der Waals surface area (Å²) in [6, 6.07) is 14.2. The molecule has 2 amide bonds. The SMILES string of the molecule is NC(=O)[C@H]1CN(C(=O)[C@@H]2COc3ccccc3O2)c2ccccc2O1. The summed E-state index contributed by atoms with van der Waals surface area (Å²) in [5, 5.41) is 0. The number of benzene rings is 2. The number of carbonyl (C=O) groups excluding carboxylic acids is 2. The lowest BCUT2D eigenvalue weighted by Gasteiger charge is -2.36. The topological polar surface area (TPSA) is 91.1 Å². The van der Waals surface area contributed by atoms with E-state index in [9.17, 15) is 9.59 Å². The Balaban J connectivity index is 1.62. The van der Waals surface area contributed by atoms with Gasteiger partial charge in [-0.3, -0.25) is 9.59 Å². The molecule has 7 nitrogen and oxygen atoms in total. The number of carbonyl (C=O) groups is 2. The van der Waals surface area contributed by atoms with Crippen LogP contribution in [0.5, 0.6) is 17.2 Å². The van der Waals surface area contributed by atoms with E-state index in [1.165, 1.54) is 4.90 Å². The molecule has 25 heavy (non-hydrogen) atoms. The zero-order valence-electron chi connectivity index (χ0n) is 13.3. The summed E-state index contributed by atoms with van der Waals surface area (Å²) < 4.78 is 17.0. The van der Waals surface area contributed by atoms with E-state index < -0.39 is 18.1 Å². The molecule has 2 atom stereocenters. The number of nitrogens with two attached hydrogens (primary N) is 1. The lowest BCUT2D eigenvalue weighted by molar-refractivity contribution is -0.129. The number of nitrogens with zero attached hydrogens (tertiary/aromatic N) is 1.